The normalized spacial score (nSPS) is 22.4. The molecule has 0 bridgehead atoms. The van der Waals surface area contributed by atoms with Crippen molar-refractivity contribution < 1.29 is 4.74 Å². The van der Waals surface area contributed by atoms with Gasteiger partial charge in [0.2, 0.25) is 0 Å². The third kappa shape index (κ3) is 6.92. The number of aromatic nitrogens is 1. The molecular formula is C18H33N5OS. The fourth-order valence-electron chi connectivity index (χ4n) is 3.03. The second-order valence-corrected chi connectivity index (χ2v) is 7.99. The van der Waals surface area contributed by atoms with E-state index in [0.29, 0.717) is 18.1 Å². The molecular weight excluding hydrogens is 334 g/mol. The van der Waals surface area contributed by atoms with Crippen molar-refractivity contribution in [3.8, 4) is 0 Å². The summed E-state index contributed by atoms with van der Waals surface area (Å²) in [5, 5.41) is 9.97. The molecule has 1 aromatic rings. The number of hydrogen-bond acceptors (Lipinski definition) is 5. The van der Waals surface area contributed by atoms with Crippen LogP contribution in [-0.2, 0) is 11.3 Å². The van der Waals surface area contributed by atoms with Crippen LogP contribution in [0.5, 0.6) is 0 Å². The molecule has 0 aromatic carbocycles. The van der Waals surface area contributed by atoms with E-state index in [0.717, 1.165) is 50.1 Å². The zero-order valence-corrected chi connectivity index (χ0v) is 17.0. The van der Waals surface area contributed by atoms with Crippen molar-refractivity contribution in [1.82, 2.24) is 20.5 Å². The lowest BCUT2D eigenvalue weighted by Crippen LogP contribution is -2.46. The topological polar surface area (TPSA) is 61.8 Å². The van der Waals surface area contributed by atoms with Crippen LogP contribution in [0.3, 0.4) is 0 Å². The summed E-state index contributed by atoms with van der Waals surface area (Å²) in [6, 6.07) is 0. The third-order valence-electron chi connectivity index (χ3n) is 4.23. The smallest absolute Gasteiger partial charge is 0.191 e. The van der Waals surface area contributed by atoms with Gasteiger partial charge in [0, 0.05) is 38.6 Å². The van der Waals surface area contributed by atoms with Crippen LogP contribution in [0.15, 0.2) is 10.4 Å². The molecule has 142 valence electrons. The molecule has 2 unspecified atom stereocenters. The minimum Gasteiger partial charge on any atom is -0.373 e. The SMILES string of the molecule is CN=C(NCCCN1CC(C)OC(C)C1)NCc1nc(C(C)C)cs1. The molecule has 2 N–H and O–H groups in total. The Labute approximate surface area is 156 Å². The monoisotopic (exact) mass is 367 g/mol. The molecule has 1 fully saturated rings. The number of nitrogens with one attached hydrogen (secondary N) is 2. The van der Waals surface area contributed by atoms with Crippen LogP contribution in [0.25, 0.3) is 0 Å². The standard InChI is InChI=1S/C18H33N5OS/c1-13(2)16-12-25-17(22-16)9-21-18(19-5)20-7-6-8-23-10-14(3)24-15(4)11-23/h12-15H,6-11H2,1-5H3,(H2,19,20,21). The maximum atomic E-state index is 5.78. The van der Waals surface area contributed by atoms with Crippen LogP contribution < -0.4 is 10.6 Å². The van der Waals surface area contributed by atoms with E-state index in [9.17, 15) is 0 Å². The molecule has 2 heterocycles. The van der Waals surface area contributed by atoms with E-state index < -0.39 is 0 Å². The summed E-state index contributed by atoms with van der Waals surface area (Å²) in [5.74, 6) is 1.32. The van der Waals surface area contributed by atoms with Gasteiger partial charge in [-0.05, 0) is 26.2 Å². The molecule has 0 radical (unpaired) electrons. The molecule has 2 atom stereocenters. The predicted octanol–water partition coefficient (Wildman–Crippen LogP) is 2.43. The largest absolute Gasteiger partial charge is 0.373 e. The number of rotatable bonds is 7. The van der Waals surface area contributed by atoms with Crippen LogP contribution in [0.4, 0.5) is 0 Å². The first-order valence-corrected chi connectivity index (χ1v) is 10.1. The fraction of sp³-hybridized carbons (Fsp3) is 0.778. The van der Waals surface area contributed by atoms with Crippen LogP contribution in [-0.4, -0.2) is 61.3 Å². The summed E-state index contributed by atoms with van der Waals surface area (Å²) in [5.41, 5.74) is 1.17. The van der Waals surface area contributed by atoms with E-state index in [-0.39, 0.29) is 0 Å². The lowest BCUT2D eigenvalue weighted by atomic mass is 10.2. The summed E-state index contributed by atoms with van der Waals surface area (Å²) < 4.78 is 5.78. The Hall–Kier alpha value is -1.18. The molecule has 25 heavy (non-hydrogen) atoms. The summed E-state index contributed by atoms with van der Waals surface area (Å²) in [7, 11) is 1.81. The van der Waals surface area contributed by atoms with Crippen molar-refractivity contribution in [2.45, 2.75) is 58.8 Å². The van der Waals surface area contributed by atoms with Gasteiger partial charge < -0.3 is 15.4 Å². The molecule has 6 nitrogen and oxygen atoms in total. The van der Waals surface area contributed by atoms with Crippen molar-refractivity contribution in [3.05, 3.63) is 16.1 Å². The van der Waals surface area contributed by atoms with E-state index in [4.69, 9.17) is 4.74 Å². The van der Waals surface area contributed by atoms with Gasteiger partial charge in [0.05, 0.1) is 24.4 Å². The summed E-state index contributed by atoms with van der Waals surface area (Å²) >= 11 is 1.70. The van der Waals surface area contributed by atoms with Crippen molar-refractivity contribution in [3.63, 3.8) is 0 Å². The average Bonchev–Trinajstić information content (AvgIpc) is 3.02. The van der Waals surface area contributed by atoms with Crippen LogP contribution in [0.1, 0.15) is 50.7 Å². The van der Waals surface area contributed by atoms with Gasteiger partial charge in [-0.1, -0.05) is 13.8 Å². The van der Waals surface area contributed by atoms with Gasteiger partial charge >= 0.3 is 0 Å². The van der Waals surface area contributed by atoms with E-state index >= 15 is 0 Å². The Balaban J connectivity index is 1.64. The lowest BCUT2D eigenvalue weighted by molar-refractivity contribution is -0.0679. The number of thiazole rings is 1. The second-order valence-electron chi connectivity index (χ2n) is 7.04. The maximum absolute atomic E-state index is 5.78. The van der Waals surface area contributed by atoms with Crippen LogP contribution >= 0.6 is 11.3 Å². The molecule has 1 aliphatic rings. The Morgan fingerprint density at radius 1 is 1.36 bits per heavy atom. The quantitative estimate of drug-likeness (QED) is 0.440. The van der Waals surface area contributed by atoms with Gasteiger partial charge in [0.25, 0.3) is 0 Å². The molecule has 2 rings (SSSR count). The first-order chi connectivity index (χ1) is 12.0. The zero-order valence-electron chi connectivity index (χ0n) is 16.2. The van der Waals surface area contributed by atoms with Crippen molar-refractivity contribution in [1.29, 1.82) is 0 Å². The minimum atomic E-state index is 0.333. The summed E-state index contributed by atoms with van der Waals surface area (Å²) in [6.07, 6.45) is 1.76. The molecule has 1 saturated heterocycles. The Kier molecular flexibility index (Phi) is 8.12. The number of aliphatic imine (C=N–C) groups is 1. The Bertz CT molecular complexity index is 535. The van der Waals surface area contributed by atoms with E-state index in [1.54, 1.807) is 11.3 Å². The maximum Gasteiger partial charge on any atom is 0.191 e. The lowest BCUT2D eigenvalue weighted by Gasteiger charge is -2.35. The van der Waals surface area contributed by atoms with E-state index in [2.05, 4.69) is 58.6 Å². The summed E-state index contributed by atoms with van der Waals surface area (Å²) in [4.78, 5) is 11.4. The molecule has 0 spiro atoms. The number of morpholine rings is 1. The number of nitrogens with zero attached hydrogens (tertiary/aromatic N) is 3. The Morgan fingerprint density at radius 2 is 2.08 bits per heavy atom. The summed E-state index contributed by atoms with van der Waals surface area (Å²) in [6.45, 7) is 13.4. The first kappa shape index (κ1) is 20.1. The second kappa shape index (κ2) is 10.1. The molecule has 0 aliphatic carbocycles. The van der Waals surface area contributed by atoms with E-state index in [1.807, 2.05) is 7.05 Å². The van der Waals surface area contributed by atoms with Gasteiger partial charge in [-0.15, -0.1) is 11.3 Å². The van der Waals surface area contributed by atoms with Crippen LogP contribution in [0.2, 0.25) is 0 Å². The fourth-order valence-corrected chi connectivity index (χ4v) is 3.92. The highest BCUT2D eigenvalue weighted by atomic mass is 32.1. The highest BCUT2D eigenvalue weighted by Crippen LogP contribution is 2.17. The van der Waals surface area contributed by atoms with Crippen molar-refractivity contribution in [2.24, 2.45) is 4.99 Å². The van der Waals surface area contributed by atoms with Crippen molar-refractivity contribution in [2.75, 3.05) is 33.2 Å². The average molecular weight is 368 g/mol. The first-order valence-electron chi connectivity index (χ1n) is 9.24. The van der Waals surface area contributed by atoms with Gasteiger partial charge in [0.1, 0.15) is 5.01 Å². The van der Waals surface area contributed by atoms with Crippen LogP contribution in [0, 0.1) is 0 Å². The Morgan fingerprint density at radius 3 is 2.68 bits per heavy atom. The van der Waals surface area contributed by atoms with Gasteiger partial charge in [0.15, 0.2) is 5.96 Å². The zero-order chi connectivity index (χ0) is 18.2. The predicted molar refractivity (Wildman–Crippen MR) is 105 cm³/mol. The van der Waals surface area contributed by atoms with E-state index in [1.165, 1.54) is 5.69 Å². The van der Waals surface area contributed by atoms with Gasteiger partial charge in [-0.25, -0.2) is 4.98 Å². The number of guanidine groups is 1. The number of hydrogen-bond donors (Lipinski definition) is 2. The molecule has 0 saturated carbocycles. The molecule has 1 aromatic heterocycles. The third-order valence-corrected chi connectivity index (χ3v) is 5.10. The van der Waals surface area contributed by atoms with Gasteiger partial charge in [-0.3, -0.25) is 9.89 Å². The molecule has 0 amide bonds. The van der Waals surface area contributed by atoms with Crippen molar-refractivity contribution >= 4 is 17.3 Å². The van der Waals surface area contributed by atoms with Gasteiger partial charge in [-0.2, -0.15) is 0 Å². The number of ether oxygens (including phenoxy) is 1. The highest BCUT2D eigenvalue weighted by molar-refractivity contribution is 7.09. The highest BCUT2D eigenvalue weighted by Gasteiger charge is 2.21. The molecule has 7 heteroatoms. The molecule has 1 aliphatic heterocycles. The minimum absolute atomic E-state index is 0.333.